The van der Waals surface area contributed by atoms with Crippen LogP contribution in [0.15, 0.2) is 30.3 Å². The lowest BCUT2D eigenvalue weighted by atomic mass is 10.0. The first kappa shape index (κ1) is 18.3. The Morgan fingerprint density at radius 1 is 1.10 bits per heavy atom. The standard InChI is InChI=1S/C16H28O4Si/c1-16(2,3)21(4,5)20-15(14(19)13(18)11-17)12-9-7-6-8-10-12/h6-10,13-15,17-19H,11H2,1-5H3/t13-,14-,15-/m1/s1. The summed E-state index contributed by atoms with van der Waals surface area (Å²) in [4.78, 5) is 0. The van der Waals surface area contributed by atoms with Gasteiger partial charge in [-0.25, -0.2) is 0 Å². The van der Waals surface area contributed by atoms with Gasteiger partial charge in [0.2, 0.25) is 0 Å². The van der Waals surface area contributed by atoms with Crippen molar-refractivity contribution >= 4 is 8.32 Å². The van der Waals surface area contributed by atoms with Gasteiger partial charge in [-0.05, 0) is 23.7 Å². The number of rotatable bonds is 6. The fraction of sp³-hybridized carbons (Fsp3) is 0.625. The third-order valence-corrected chi connectivity index (χ3v) is 8.70. The molecule has 3 N–H and O–H groups in total. The van der Waals surface area contributed by atoms with E-state index in [1.54, 1.807) is 0 Å². The molecule has 21 heavy (non-hydrogen) atoms. The first-order chi connectivity index (χ1) is 9.60. The molecule has 0 fully saturated rings. The zero-order chi connectivity index (χ0) is 16.3. The van der Waals surface area contributed by atoms with Gasteiger partial charge in [0.15, 0.2) is 8.32 Å². The molecule has 0 amide bonds. The zero-order valence-corrected chi connectivity index (χ0v) is 14.6. The fourth-order valence-corrected chi connectivity index (χ4v) is 3.05. The Kier molecular flexibility index (Phi) is 6.13. The van der Waals surface area contributed by atoms with E-state index < -0.39 is 33.2 Å². The first-order valence-corrected chi connectivity index (χ1v) is 10.2. The molecule has 5 heteroatoms. The van der Waals surface area contributed by atoms with E-state index >= 15 is 0 Å². The molecule has 120 valence electrons. The summed E-state index contributed by atoms with van der Waals surface area (Å²) in [7, 11) is -2.12. The van der Waals surface area contributed by atoms with Crippen LogP contribution >= 0.6 is 0 Å². The SMILES string of the molecule is CC(C)(C)[Si](C)(C)O[C@H](c1ccccc1)[C@H](O)[C@H](O)CO. The maximum atomic E-state index is 10.3. The highest BCUT2D eigenvalue weighted by molar-refractivity contribution is 6.74. The molecule has 0 aliphatic heterocycles. The molecule has 1 rings (SSSR count). The number of hydrogen-bond acceptors (Lipinski definition) is 4. The van der Waals surface area contributed by atoms with Crippen molar-refractivity contribution in [2.24, 2.45) is 0 Å². The Hall–Kier alpha value is -0.723. The molecule has 0 aliphatic rings. The Bertz CT molecular complexity index is 428. The van der Waals surface area contributed by atoms with Gasteiger partial charge in [0.05, 0.1) is 12.7 Å². The normalized spacial score (nSPS) is 17.3. The Morgan fingerprint density at radius 3 is 2.05 bits per heavy atom. The molecule has 0 radical (unpaired) electrons. The van der Waals surface area contributed by atoms with Gasteiger partial charge in [-0.3, -0.25) is 0 Å². The Morgan fingerprint density at radius 2 is 1.62 bits per heavy atom. The molecule has 0 saturated carbocycles. The summed E-state index contributed by atoms with van der Waals surface area (Å²) in [5.74, 6) is 0. The van der Waals surface area contributed by atoms with Crippen molar-refractivity contribution in [1.29, 1.82) is 0 Å². The molecule has 0 saturated heterocycles. The zero-order valence-electron chi connectivity index (χ0n) is 13.6. The van der Waals surface area contributed by atoms with Crippen molar-refractivity contribution < 1.29 is 19.7 Å². The van der Waals surface area contributed by atoms with E-state index in [0.717, 1.165) is 5.56 Å². The molecular weight excluding hydrogens is 284 g/mol. The van der Waals surface area contributed by atoms with Gasteiger partial charge in [-0.15, -0.1) is 0 Å². The van der Waals surface area contributed by atoms with Crippen LogP contribution < -0.4 is 0 Å². The monoisotopic (exact) mass is 312 g/mol. The summed E-state index contributed by atoms with van der Waals surface area (Å²) >= 11 is 0. The fourth-order valence-electron chi connectivity index (χ4n) is 1.78. The van der Waals surface area contributed by atoms with Crippen molar-refractivity contribution in [1.82, 2.24) is 0 Å². The molecule has 3 atom stereocenters. The lowest BCUT2D eigenvalue weighted by Gasteiger charge is -2.41. The van der Waals surface area contributed by atoms with Gasteiger partial charge in [0, 0.05) is 0 Å². The highest BCUT2D eigenvalue weighted by atomic mass is 28.4. The van der Waals surface area contributed by atoms with Crippen LogP contribution in [-0.4, -0.2) is 42.5 Å². The van der Waals surface area contributed by atoms with Crippen molar-refractivity contribution in [2.45, 2.75) is 57.2 Å². The number of aliphatic hydroxyl groups is 3. The van der Waals surface area contributed by atoms with E-state index in [1.165, 1.54) is 0 Å². The van der Waals surface area contributed by atoms with E-state index in [-0.39, 0.29) is 5.04 Å². The van der Waals surface area contributed by atoms with E-state index in [4.69, 9.17) is 9.53 Å². The highest BCUT2D eigenvalue weighted by Gasteiger charge is 2.42. The Balaban J connectivity index is 3.09. The van der Waals surface area contributed by atoms with Gasteiger partial charge in [0.1, 0.15) is 12.2 Å². The summed E-state index contributed by atoms with van der Waals surface area (Å²) in [5, 5.41) is 29.2. The number of hydrogen-bond donors (Lipinski definition) is 3. The van der Waals surface area contributed by atoms with Gasteiger partial charge in [-0.2, -0.15) is 0 Å². The van der Waals surface area contributed by atoms with E-state index in [1.807, 2.05) is 30.3 Å². The summed E-state index contributed by atoms with van der Waals surface area (Å²) in [5.41, 5.74) is 0.808. The molecule has 1 aromatic carbocycles. The smallest absolute Gasteiger partial charge is 0.193 e. The van der Waals surface area contributed by atoms with Gasteiger partial charge < -0.3 is 19.7 Å². The second kappa shape index (κ2) is 7.02. The third-order valence-electron chi connectivity index (χ3n) is 4.25. The first-order valence-electron chi connectivity index (χ1n) is 7.30. The average Bonchev–Trinajstić information content (AvgIpc) is 2.43. The predicted molar refractivity (Wildman–Crippen MR) is 86.6 cm³/mol. The van der Waals surface area contributed by atoms with E-state index in [2.05, 4.69) is 33.9 Å². The minimum absolute atomic E-state index is 0.0100. The van der Waals surface area contributed by atoms with E-state index in [9.17, 15) is 10.2 Å². The van der Waals surface area contributed by atoms with Crippen LogP contribution in [0.3, 0.4) is 0 Å². The lowest BCUT2D eigenvalue weighted by Crippen LogP contribution is -2.46. The minimum atomic E-state index is -2.12. The maximum Gasteiger partial charge on any atom is 0.193 e. The van der Waals surface area contributed by atoms with Crippen molar-refractivity contribution in [3.8, 4) is 0 Å². The molecule has 0 bridgehead atoms. The van der Waals surface area contributed by atoms with Gasteiger partial charge >= 0.3 is 0 Å². The topological polar surface area (TPSA) is 69.9 Å². The van der Waals surface area contributed by atoms with Crippen LogP contribution in [0.1, 0.15) is 32.4 Å². The Labute approximate surface area is 128 Å². The van der Waals surface area contributed by atoms with E-state index in [0.29, 0.717) is 0 Å². The molecule has 0 spiro atoms. The van der Waals surface area contributed by atoms with Crippen LogP contribution in [0.5, 0.6) is 0 Å². The highest BCUT2D eigenvalue weighted by Crippen LogP contribution is 2.40. The van der Waals surface area contributed by atoms with Gasteiger partial charge in [0.25, 0.3) is 0 Å². The largest absolute Gasteiger partial charge is 0.407 e. The summed E-state index contributed by atoms with van der Waals surface area (Å²) in [6.45, 7) is 10.1. The molecule has 0 heterocycles. The summed E-state index contributed by atoms with van der Waals surface area (Å²) in [6, 6.07) is 9.36. The van der Waals surface area contributed by atoms with Crippen LogP contribution in [0.4, 0.5) is 0 Å². The van der Waals surface area contributed by atoms with Crippen molar-refractivity contribution in [3.63, 3.8) is 0 Å². The molecule has 0 unspecified atom stereocenters. The molecule has 0 aliphatic carbocycles. The average molecular weight is 312 g/mol. The third kappa shape index (κ3) is 4.62. The molecular formula is C16H28O4Si. The summed E-state index contributed by atoms with van der Waals surface area (Å²) in [6.07, 6.45) is -3.03. The predicted octanol–water partition coefficient (Wildman–Crippen LogP) is 2.46. The number of aliphatic hydroxyl groups excluding tert-OH is 3. The second-order valence-electron chi connectivity index (χ2n) is 6.95. The second-order valence-corrected chi connectivity index (χ2v) is 11.7. The lowest BCUT2D eigenvalue weighted by molar-refractivity contribution is -0.0729. The van der Waals surface area contributed by atoms with Gasteiger partial charge in [-0.1, -0.05) is 51.1 Å². The maximum absolute atomic E-state index is 10.3. The number of benzene rings is 1. The quantitative estimate of drug-likeness (QED) is 0.706. The van der Waals surface area contributed by atoms with Crippen molar-refractivity contribution in [2.75, 3.05) is 6.61 Å². The van der Waals surface area contributed by atoms with Crippen LogP contribution in [0.25, 0.3) is 0 Å². The van der Waals surface area contributed by atoms with Crippen LogP contribution in [0.2, 0.25) is 18.1 Å². The van der Waals surface area contributed by atoms with Crippen LogP contribution in [-0.2, 0) is 4.43 Å². The summed E-state index contributed by atoms with van der Waals surface area (Å²) < 4.78 is 6.29. The molecule has 1 aromatic rings. The van der Waals surface area contributed by atoms with Crippen LogP contribution in [0, 0.1) is 0 Å². The minimum Gasteiger partial charge on any atom is -0.407 e. The van der Waals surface area contributed by atoms with Crippen molar-refractivity contribution in [3.05, 3.63) is 35.9 Å². The molecule has 0 aromatic heterocycles. The molecule has 4 nitrogen and oxygen atoms in total.